The number of nitrogen functional groups attached to an aromatic ring is 1. The molecule has 2 bridgehead atoms. The van der Waals surface area contributed by atoms with E-state index in [0.29, 0.717) is 71.8 Å². The Kier molecular flexibility index (Phi) is 10.2. The summed E-state index contributed by atoms with van der Waals surface area (Å²) in [6, 6.07) is 15.6. The van der Waals surface area contributed by atoms with Gasteiger partial charge in [-0.25, -0.2) is 9.78 Å². The van der Waals surface area contributed by atoms with Crippen molar-refractivity contribution in [2.75, 3.05) is 30.1 Å². The average Bonchev–Trinajstić information content (AvgIpc) is 3.43. The summed E-state index contributed by atoms with van der Waals surface area (Å²) in [6.07, 6.45) is 6.74. The van der Waals surface area contributed by atoms with Crippen molar-refractivity contribution in [3.8, 4) is 22.4 Å². The molecule has 3 heterocycles. The van der Waals surface area contributed by atoms with Crippen LogP contribution in [0.4, 0.5) is 21.9 Å². The summed E-state index contributed by atoms with van der Waals surface area (Å²) in [6.45, 7) is 7.90. The lowest BCUT2D eigenvalue weighted by Crippen LogP contribution is -2.22. The molecule has 2 aromatic heterocycles. The number of allylic oxidation sites excluding steroid dienone is 1. The van der Waals surface area contributed by atoms with Gasteiger partial charge in [0.25, 0.3) is 0 Å². The molecule has 0 fully saturated rings. The third kappa shape index (κ3) is 8.22. The fourth-order valence-corrected chi connectivity index (χ4v) is 5.97. The van der Waals surface area contributed by atoms with Crippen molar-refractivity contribution in [1.29, 1.82) is 0 Å². The highest BCUT2D eigenvalue weighted by Gasteiger charge is 2.21. The number of hydrogen-bond donors (Lipinski definition) is 3. The number of ether oxygens (including phenoxy) is 2. The summed E-state index contributed by atoms with van der Waals surface area (Å²) in [5.74, 6) is 0.558. The summed E-state index contributed by atoms with van der Waals surface area (Å²) < 4.78 is 12.9. The first-order chi connectivity index (χ1) is 22.0. The fraction of sp³-hybridized carbons (Fsp3) is 0.294. The normalized spacial score (nSPS) is 13.5. The number of nitrogens with two attached hydrogens (primary N) is 1. The number of nitrogens with zero attached hydrogens (tertiary/aromatic N) is 3. The smallest absolute Gasteiger partial charge is 0.411 e. The van der Waals surface area contributed by atoms with Gasteiger partial charge in [0.15, 0.2) is 0 Å². The average molecular weight is 659 g/mol. The molecule has 0 aliphatic carbocycles. The summed E-state index contributed by atoms with van der Waals surface area (Å²) in [5.41, 5.74) is 12.4. The van der Waals surface area contributed by atoms with E-state index >= 15 is 0 Å². The molecule has 0 spiro atoms. The molecule has 10 nitrogen and oxygen atoms in total. The minimum absolute atomic E-state index is 0.136. The molecule has 4 aromatic rings. The van der Waals surface area contributed by atoms with Crippen molar-refractivity contribution in [2.45, 2.75) is 51.7 Å². The number of carbonyl (C=O) groups is 2. The predicted octanol–water partition coefficient (Wildman–Crippen LogP) is 7.89. The van der Waals surface area contributed by atoms with Crippen LogP contribution in [0.5, 0.6) is 0 Å². The highest BCUT2D eigenvalue weighted by molar-refractivity contribution is 6.76. The molecule has 0 saturated carbocycles. The first kappa shape index (κ1) is 32.9. The van der Waals surface area contributed by atoms with Crippen LogP contribution in [0.2, 0.25) is 30.7 Å². The zero-order chi connectivity index (χ0) is 32.8. The Morgan fingerprint density at radius 3 is 2.67 bits per heavy atom. The number of anilines is 3. The zero-order valence-electron chi connectivity index (χ0n) is 26.5. The lowest BCUT2D eigenvalue weighted by molar-refractivity contribution is -0.116. The predicted molar refractivity (Wildman–Crippen MR) is 186 cm³/mol. The van der Waals surface area contributed by atoms with Crippen molar-refractivity contribution in [3.05, 3.63) is 83.5 Å². The van der Waals surface area contributed by atoms with Crippen molar-refractivity contribution >= 4 is 54.3 Å². The van der Waals surface area contributed by atoms with Gasteiger partial charge in [-0.2, -0.15) is 0 Å². The van der Waals surface area contributed by atoms with Crippen molar-refractivity contribution in [1.82, 2.24) is 14.5 Å². The summed E-state index contributed by atoms with van der Waals surface area (Å²) >= 11 is 6.25. The second kappa shape index (κ2) is 14.3. The van der Waals surface area contributed by atoms with Gasteiger partial charge in [0, 0.05) is 72.2 Å². The minimum atomic E-state index is -1.29. The molecule has 4 N–H and O–H groups in total. The molecule has 0 atom stereocenters. The molecule has 2 aromatic carbocycles. The monoisotopic (exact) mass is 658 g/mol. The van der Waals surface area contributed by atoms with Gasteiger partial charge in [0.1, 0.15) is 12.6 Å². The molecule has 0 saturated heterocycles. The van der Waals surface area contributed by atoms with Crippen LogP contribution >= 0.6 is 11.6 Å². The molecule has 0 unspecified atom stereocenters. The Bertz CT molecular complexity index is 1760. The van der Waals surface area contributed by atoms with Crippen molar-refractivity contribution in [2.24, 2.45) is 0 Å². The van der Waals surface area contributed by atoms with E-state index in [-0.39, 0.29) is 5.91 Å². The van der Waals surface area contributed by atoms with Gasteiger partial charge in [-0.1, -0.05) is 43.4 Å². The van der Waals surface area contributed by atoms with Gasteiger partial charge in [0.2, 0.25) is 5.91 Å². The Hall–Kier alpha value is -4.45. The number of aromatic nitrogens is 3. The first-order valence-corrected chi connectivity index (χ1v) is 19.3. The zero-order valence-corrected chi connectivity index (χ0v) is 28.3. The molecule has 5 rings (SSSR count). The molecular formula is C34H39ClN6O4Si. The highest BCUT2D eigenvalue weighted by Crippen LogP contribution is 2.35. The molecule has 0 radical (unpaired) electrons. The SMILES string of the molecule is COC(=O)Nc1ccc2c(c1)NC(=O)CCCC=C(c1ccc(-c3cc(Cl)ccc3N)cn1)c1nc-2cn1COCC[Si](C)(C)C. The number of methoxy groups -OCH3 is 1. The molecule has 2 amide bonds. The third-order valence-corrected chi connectivity index (χ3v) is 9.51. The van der Waals surface area contributed by atoms with Gasteiger partial charge < -0.3 is 25.1 Å². The summed E-state index contributed by atoms with van der Waals surface area (Å²) in [4.78, 5) is 34.8. The van der Waals surface area contributed by atoms with E-state index in [1.165, 1.54) is 7.11 Å². The highest BCUT2D eigenvalue weighted by atomic mass is 35.5. The van der Waals surface area contributed by atoms with Crippen LogP contribution in [0, 0.1) is 0 Å². The van der Waals surface area contributed by atoms with Gasteiger partial charge in [-0.15, -0.1) is 0 Å². The largest absolute Gasteiger partial charge is 0.453 e. The molecular weight excluding hydrogens is 620 g/mol. The lowest BCUT2D eigenvalue weighted by atomic mass is 10.0. The quantitative estimate of drug-likeness (QED) is 0.0996. The maximum Gasteiger partial charge on any atom is 0.411 e. The summed E-state index contributed by atoms with van der Waals surface area (Å²) in [7, 11) is 0.00747. The molecule has 46 heavy (non-hydrogen) atoms. The Morgan fingerprint density at radius 1 is 1.11 bits per heavy atom. The van der Waals surface area contributed by atoms with E-state index in [1.54, 1.807) is 30.5 Å². The molecule has 12 heteroatoms. The van der Waals surface area contributed by atoms with E-state index in [1.807, 2.05) is 35.0 Å². The summed E-state index contributed by atoms with van der Waals surface area (Å²) in [5, 5.41) is 6.27. The van der Waals surface area contributed by atoms with Crippen LogP contribution in [-0.2, 0) is 21.0 Å². The van der Waals surface area contributed by atoms with Crippen LogP contribution < -0.4 is 16.4 Å². The molecule has 240 valence electrons. The van der Waals surface area contributed by atoms with Crippen LogP contribution in [0.3, 0.4) is 0 Å². The minimum Gasteiger partial charge on any atom is -0.453 e. The van der Waals surface area contributed by atoms with Gasteiger partial charge in [0.05, 0.1) is 24.2 Å². The number of benzene rings is 2. The van der Waals surface area contributed by atoms with Crippen molar-refractivity contribution in [3.63, 3.8) is 0 Å². The Labute approximate surface area is 275 Å². The van der Waals surface area contributed by atoms with E-state index in [4.69, 9.17) is 36.8 Å². The van der Waals surface area contributed by atoms with Crippen LogP contribution in [0.1, 0.15) is 30.8 Å². The second-order valence-corrected chi connectivity index (χ2v) is 18.4. The number of rotatable bonds is 8. The van der Waals surface area contributed by atoms with Gasteiger partial charge in [-0.3, -0.25) is 15.1 Å². The van der Waals surface area contributed by atoms with Gasteiger partial charge >= 0.3 is 6.09 Å². The van der Waals surface area contributed by atoms with E-state index < -0.39 is 14.2 Å². The van der Waals surface area contributed by atoms with Gasteiger partial charge in [-0.05, 0) is 61.4 Å². The maximum atomic E-state index is 13.0. The fourth-order valence-electron chi connectivity index (χ4n) is 5.04. The topological polar surface area (TPSA) is 133 Å². The van der Waals surface area contributed by atoms with Crippen LogP contribution in [0.15, 0.2) is 67.0 Å². The van der Waals surface area contributed by atoms with E-state index in [9.17, 15) is 9.59 Å². The number of pyridine rings is 1. The standard InChI is InChI=1S/C34H39ClN6O4Si/c1-44-34(43)38-24-11-12-25-30(18-24)39-32(42)8-6-5-7-26(33-40-31(25)20-41(33)21-45-15-16-46(2,3)4)29-14-9-22(19-37-29)27-17-23(35)10-13-28(27)36/h7,9-14,17-20H,5-6,8,15-16,21,36H2,1-4H3,(H,38,43)(H,39,42). The molecule has 1 aliphatic heterocycles. The maximum absolute atomic E-state index is 13.0. The number of fused-ring (bicyclic) bond motifs is 4. The lowest BCUT2D eigenvalue weighted by Gasteiger charge is -2.16. The Morgan fingerprint density at radius 2 is 1.93 bits per heavy atom. The van der Waals surface area contributed by atoms with Crippen LogP contribution in [0.25, 0.3) is 28.0 Å². The number of carbonyl (C=O) groups excluding carboxylic acids is 2. The molecule has 1 aliphatic rings. The Balaban J connectivity index is 1.58. The third-order valence-electron chi connectivity index (χ3n) is 7.57. The number of nitrogens with one attached hydrogen (secondary N) is 2. The van der Waals surface area contributed by atoms with E-state index in [2.05, 4.69) is 36.4 Å². The second-order valence-electron chi connectivity index (χ2n) is 12.4. The number of imidazole rings is 1. The van der Waals surface area contributed by atoms with Crippen LogP contribution in [-0.4, -0.2) is 48.3 Å². The van der Waals surface area contributed by atoms with Crippen molar-refractivity contribution < 1.29 is 19.1 Å². The number of amides is 2. The van der Waals surface area contributed by atoms with E-state index in [0.717, 1.165) is 28.4 Å². The first-order valence-electron chi connectivity index (χ1n) is 15.2. The number of halogens is 1. The number of hydrogen-bond acceptors (Lipinski definition) is 7.